The number of hydrogen-bond donors (Lipinski definition) is 0. The van der Waals surface area contributed by atoms with Crippen molar-refractivity contribution in [2.75, 3.05) is 4.90 Å². The van der Waals surface area contributed by atoms with E-state index < -0.39 is 0 Å². The van der Waals surface area contributed by atoms with Crippen LogP contribution in [-0.4, -0.2) is 11.3 Å². The van der Waals surface area contributed by atoms with E-state index in [-0.39, 0.29) is 17.7 Å². The Hall–Kier alpha value is -6.14. The highest BCUT2D eigenvalue weighted by molar-refractivity contribution is 7.26. The summed E-state index contributed by atoms with van der Waals surface area (Å²) in [5.41, 5.74) is 16.9. The minimum atomic E-state index is -0.0428. The SMILES string of the molecule is CC(C)(C)c1ccc2c(c1)c1cc(C(C)(C)C)cc3c1n2B1c2cc4sc5ccccc5c4cc2N(c2ccc4sc5ccccc5c4c2)c2cc(-c4ccccc4)cc-3c21. The van der Waals surface area contributed by atoms with Crippen LogP contribution in [0.2, 0.25) is 0 Å². The van der Waals surface area contributed by atoms with Crippen LogP contribution in [0, 0.1) is 0 Å². The van der Waals surface area contributed by atoms with Crippen molar-refractivity contribution in [1.82, 2.24) is 4.48 Å². The van der Waals surface area contributed by atoms with E-state index in [0.717, 1.165) is 0 Å². The summed E-state index contributed by atoms with van der Waals surface area (Å²) in [5, 5.41) is 7.96. The van der Waals surface area contributed by atoms with Gasteiger partial charge < -0.3 is 9.38 Å². The molecule has 0 spiro atoms. The molecule has 5 heterocycles. The predicted molar refractivity (Wildman–Crippen MR) is 269 cm³/mol. The molecule has 0 saturated heterocycles. The van der Waals surface area contributed by atoms with Gasteiger partial charge in [-0.2, -0.15) is 0 Å². The van der Waals surface area contributed by atoms with Crippen molar-refractivity contribution in [3.05, 3.63) is 163 Å². The van der Waals surface area contributed by atoms with Crippen molar-refractivity contribution in [2.24, 2.45) is 0 Å². The fraction of sp³-hybridized carbons (Fsp3) is 0.143. The average molecular weight is 819 g/mol. The molecule has 0 radical (unpaired) electrons. The van der Waals surface area contributed by atoms with E-state index in [9.17, 15) is 0 Å². The minimum absolute atomic E-state index is 0.0214. The summed E-state index contributed by atoms with van der Waals surface area (Å²) in [7, 11) is 0. The van der Waals surface area contributed by atoms with Crippen molar-refractivity contribution in [3.8, 4) is 22.3 Å². The van der Waals surface area contributed by atoms with Crippen molar-refractivity contribution in [3.63, 3.8) is 0 Å². The molecule has 0 fully saturated rings. The first-order valence-electron chi connectivity index (χ1n) is 21.5. The van der Waals surface area contributed by atoms with Gasteiger partial charge in [-0.25, -0.2) is 0 Å². The predicted octanol–water partition coefficient (Wildman–Crippen LogP) is 15.2. The van der Waals surface area contributed by atoms with Gasteiger partial charge >= 0.3 is 6.85 Å². The third kappa shape index (κ3) is 5.02. The molecule has 292 valence electrons. The van der Waals surface area contributed by atoms with Gasteiger partial charge in [0.25, 0.3) is 0 Å². The van der Waals surface area contributed by atoms with Gasteiger partial charge in [-0.3, -0.25) is 0 Å². The van der Waals surface area contributed by atoms with Crippen molar-refractivity contribution < 1.29 is 0 Å². The number of hydrogen-bond acceptors (Lipinski definition) is 3. The zero-order valence-corrected chi connectivity index (χ0v) is 36.9. The molecule has 2 nitrogen and oxygen atoms in total. The Labute approximate surface area is 364 Å². The lowest BCUT2D eigenvalue weighted by Crippen LogP contribution is -2.56. The van der Waals surface area contributed by atoms with Crippen LogP contribution in [0.3, 0.4) is 0 Å². The van der Waals surface area contributed by atoms with E-state index in [0.29, 0.717) is 0 Å². The van der Waals surface area contributed by atoms with Gasteiger partial charge in [-0.05, 0) is 128 Å². The molecule has 61 heavy (non-hydrogen) atoms. The summed E-state index contributed by atoms with van der Waals surface area (Å²) in [6, 6.07) is 58.5. The number of anilines is 3. The second-order valence-electron chi connectivity index (χ2n) is 19.4. The van der Waals surface area contributed by atoms with Crippen LogP contribution >= 0.6 is 22.7 Å². The Kier molecular flexibility index (Phi) is 7.15. The molecule has 0 unspecified atom stereocenters. The first-order valence-corrected chi connectivity index (χ1v) is 23.2. The second kappa shape index (κ2) is 12.2. The normalized spacial score (nSPS) is 13.7. The summed E-state index contributed by atoms with van der Waals surface area (Å²) in [4.78, 5) is 2.62. The molecule has 11 aromatic rings. The Morgan fingerprint density at radius 1 is 0.443 bits per heavy atom. The lowest BCUT2D eigenvalue weighted by Gasteiger charge is -2.41. The van der Waals surface area contributed by atoms with Crippen LogP contribution in [0.1, 0.15) is 52.7 Å². The minimum Gasteiger partial charge on any atom is -0.375 e. The van der Waals surface area contributed by atoms with E-state index in [4.69, 9.17) is 0 Å². The summed E-state index contributed by atoms with van der Waals surface area (Å²) < 4.78 is 8.04. The molecule has 0 amide bonds. The van der Waals surface area contributed by atoms with Crippen LogP contribution in [-0.2, 0) is 10.8 Å². The van der Waals surface area contributed by atoms with Gasteiger partial charge in [-0.15, -0.1) is 22.7 Å². The van der Waals surface area contributed by atoms with E-state index in [1.165, 1.54) is 124 Å². The number of rotatable bonds is 2. The van der Waals surface area contributed by atoms with Gasteiger partial charge in [0.1, 0.15) is 0 Å². The molecular weight excluding hydrogens is 776 g/mol. The van der Waals surface area contributed by atoms with Crippen molar-refractivity contribution in [1.29, 1.82) is 0 Å². The lowest BCUT2D eigenvalue weighted by atomic mass is 9.45. The molecule has 2 aliphatic heterocycles. The second-order valence-corrected chi connectivity index (χ2v) is 21.5. The number of nitrogens with zero attached hydrogens (tertiary/aromatic N) is 2. The van der Waals surface area contributed by atoms with Crippen LogP contribution in [0.15, 0.2) is 152 Å². The highest BCUT2D eigenvalue weighted by Gasteiger charge is 2.44. The first-order chi connectivity index (χ1) is 29.5. The topological polar surface area (TPSA) is 8.17 Å². The van der Waals surface area contributed by atoms with Crippen LogP contribution in [0.25, 0.3) is 84.4 Å². The summed E-state index contributed by atoms with van der Waals surface area (Å²) in [6.07, 6.45) is 0. The first kappa shape index (κ1) is 35.6. The van der Waals surface area contributed by atoms with Crippen molar-refractivity contribution >= 4 is 120 Å². The van der Waals surface area contributed by atoms with Crippen LogP contribution in [0.5, 0.6) is 0 Å². The molecule has 0 atom stereocenters. The number of fused-ring (bicyclic) bond motifs is 13. The van der Waals surface area contributed by atoms with E-state index in [1.54, 1.807) is 0 Å². The fourth-order valence-corrected chi connectivity index (χ4v) is 12.8. The molecule has 13 rings (SSSR count). The Morgan fingerprint density at radius 2 is 1.10 bits per heavy atom. The number of benzene rings is 8. The molecule has 3 aromatic heterocycles. The smallest absolute Gasteiger partial charge is 0.333 e. The zero-order valence-electron chi connectivity index (χ0n) is 35.2. The largest absolute Gasteiger partial charge is 0.375 e. The van der Waals surface area contributed by atoms with Gasteiger partial charge in [0.2, 0.25) is 0 Å². The van der Waals surface area contributed by atoms with E-state index in [2.05, 4.69) is 203 Å². The summed E-state index contributed by atoms with van der Waals surface area (Å²) in [5.74, 6) is 0. The Bertz CT molecular complexity index is 3680. The highest BCUT2D eigenvalue weighted by atomic mass is 32.1. The lowest BCUT2D eigenvalue weighted by molar-refractivity contribution is 0.590. The van der Waals surface area contributed by atoms with Gasteiger partial charge in [0.15, 0.2) is 0 Å². The molecule has 0 N–H and O–H groups in total. The number of aromatic nitrogens is 1. The zero-order chi connectivity index (χ0) is 41.1. The van der Waals surface area contributed by atoms with Gasteiger partial charge in [0.05, 0.1) is 0 Å². The molecule has 0 saturated carbocycles. The average Bonchev–Trinajstić information content (AvgIpc) is 3.93. The standard InChI is InChI=1S/C56H43BN2S2/c1-55(2,3)34-20-22-46-39(26-34)43-27-35(56(4,5)6)28-44-42-24-33(32-14-8-7-9-15-32)25-48-53(42)57(59(46)54(43)44)45-31-52-41(38-17-11-13-19-50(38)61-52)30-47(45)58(48)36-21-23-51-40(29-36)37-16-10-12-18-49(37)60-51/h7-31H,1-6H3. The Morgan fingerprint density at radius 3 is 1.84 bits per heavy atom. The maximum atomic E-state index is 2.73. The van der Waals surface area contributed by atoms with Gasteiger partial charge in [-0.1, -0.05) is 114 Å². The molecule has 0 bridgehead atoms. The maximum Gasteiger partial charge on any atom is 0.333 e. The van der Waals surface area contributed by atoms with Gasteiger partial charge in [0, 0.05) is 84.8 Å². The van der Waals surface area contributed by atoms with Crippen LogP contribution in [0.4, 0.5) is 17.1 Å². The molecular formula is C56H43BN2S2. The fourth-order valence-electron chi connectivity index (χ4n) is 10.6. The van der Waals surface area contributed by atoms with Crippen molar-refractivity contribution in [2.45, 2.75) is 52.4 Å². The van der Waals surface area contributed by atoms with E-state index >= 15 is 0 Å². The summed E-state index contributed by atoms with van der Waals surface area (Å²) in [6.45, 7) is 14.1. The Balaban J connectivity index is 1.22. The summed E-state index contributed by atoms with van der Waals surface area (Å²) >= 11 is 3.80. The highest BCUT2D eigenvalue weighted by Crippen LogP contribution is 2.50. The third-order valence-corrected chi connectivity index (χ3v) is 15.9. The molecule has 0 aliphatic carbocycles. The maximum absolute atomic E-state index is 2.73. The molecule has 8 aromatic carbocycles. The monoisotopic (exact) mass is 818 g/mol. The molecule has 2 aliphatic rings. The number of thiophene rings is 2. The quantitative estimate of drug-likeness (QED) is 0.158. The molecule has 5 heteroatoms. The third-order valence-electron chi connectivity index (χ3n) is 13.6. The van der Waals surface area contributed by atoms with E-state index in [1.807, 2.05) is 22.7 Å². The van der Waals surface area contributed by atoms with Crippen LogP contribution < -0.4 is 15.8 Å².